The third-order valence-electron chi connectivity index (χ3n) is 4.06. The van der Waals surface area contributed by atoms with E-state index in [9.17, 15) is 18.0 Å². The summed E-state index contributed by atoms with van der Waals surface area (Å²) in [5, 5.41) is 0. The second-order valence-corrected chi connectivity index (χ2v) is 8.02. The molecule has 0 aliphatic heterocycles. The average molecular weight is 429 g/mol. The largest absolute Gasteiger partial charge is 0.462 e. The Kier molecular flexibility index (Phi) is 7.72. The summed E-state index contributed by atoms with van der Waals surface area (Å²) in [4.78, 5) is 24.0. The zero-order chi connectivity index (χ0) is 22.3. The molecule has 0 aliphatic rings. The van der Waals surface area contributed by atoms with Crippen molar-refractivity contribution in [3.63, 3.8) is 0 Å². The summed E-state index contributed by atoms with van der Waals surface area (Å²) in [5.74, 6) is -1.29. The first-order valence-electron chi connectivity index (χ1n) is 9.13. The zero-order valence-electron chi connectivity index (χ0n) is 17.0. The highest BCUT2D eigenvalue weighted by molar-refractivity contribution is 7.89. The van der Waals surface area contributed by atoms with Crippen LogP contribution in [0.1, 0.15) is 31.0 Å². The summed E-state index contributed by atoms with van der Waals surface area (Å²) in [6.45, 7) is 8.26. The lowest BCUT2D eigenvalue weighted by atomic mass is 9.99. The summed E-state index contributed by atoms with van der Waals surface area (Å²) in [6, 6.07) is 11.3. The van der Waals surface area contributed by atoms with Gasteiger partial charge in [-0.1, -0.05) is 42.5 Å². The second-order valence-electron chi connectivity index (χ2n) is 6.31. The Bertz CT molecular complexity index is 1080. The highest BCUT2D eigenvalue weighted by Gasteiger charge is 2.31. The van der Waals surface area contributed by atoms with Crippen molar-refractivity contribution in [2.45, 2.75) is 31.7 Å². The van der Waals surface area contributed by atoms with Gasteiger partial charge in [0.15, 0.2) is 0 Å². The van der Waals surface area contributed by atoms with E-state index in [2.05, 4.69) is 17.0 Å². The number of hydrogen-bond donors (Lipinski definition) is 1. The van der Waals surface area contributed by atoms with E-state index in [0.29, 0.717) is 0 Å². The number of sulfonamides is 1. The molecular formula is C22H23NO6S. The number of carbonyl (C=O) groups is 2. The zero-order valence-corrected chi connectivity index (χ0v) is 17.8. The minimum atomic E-state index is -4.06. The highest BCUT2D eigenvalue weighted by atomic mass is 32.2. The maximum Gasteiger partial charge on any atom is 0.343 e. The standard InChI is InChI=1S/C22H23NO6S/c1-5-18(22(25)28-6-2)21(19-9-7-8-10-20(19)29-16(4)24)23-30(26,27)17-13-11-15(3)12-14-17/h7-14,21,23H,1,6H2,2-4H3. The molecule has 158 valence electrons. The minimum Gasteiger partial charge on any atom is -0.462 e. The first kappa shape index (κ1) is 23.1. The number of carbonyl (C=O) groups excluding carboxylic acids is 2. The molecule has 0 radical (unpaired) electrons. The van der Waals surface area contributed by atoms with Crippen LogP contribution >= 0.6 is 0 Å². The van der Waals surface area contributed by atoms with Crippen molar-refractivity contribution in [2.24, 2.45) is 0 Å². The third-order valence-corrected chi connectivity index (χ3v) is 5.50. The summed E-state index contributed by atoms with van der Waals surface area (Å²) < 4.78 is 38.8. The van der Waals surface area contributed by atoms with Crippen LogP contribution in [-0.2, 0) is 24.3 Å². The van der Waals surface area contributed by atoms with E-state index >= 15 is 0 Å². The predicted octanol–water partition coefficient (Wildman–Crippen LogP) is 3.21. The molecule has 0 aliphatic carbocycles. The Labute approximate surface area is 176 Å². The molecule has 1 N–H and O–H groups in total. The van der Waals surface area contributed by atoms with Crippen molar-refractivity contribution < 1.29 is 27.5 Å². The first-order chi connectivity index (χ1) is 14.2. The summed E-state index contributed by atoms with van der Waals surface area (Å²) in [7, 11) is -4.06. The van der Waals surface area contributed by atoms with Crippen LogP contribution in [-0.4, -0.2) is 27.0 Å². The molecule has 30 heavy (non-hydrogen) atoms. The van der Waals surface area contributed by atoms with Crippen molar-refractivity contribution in [3.8, 4) is 5.75 Å². The quantitative estimate of drug-likeness (QED) is 0.299. The van der Waals surface area contributed by atoms with Crippen LogP contribution in [0.5, 0.6) is 5.75 Å². The van der Waals surface area contributed by atoms with Crippen LogP contribution in [0.4, 0.5) is 0 Å². The minimum absolute atomic E-state index is 0.00957. The average Bonchev–Trinajstić information content (AvgIpc) is 2.68. The van der Waals surface area contributed by atoms with Gasteiger partial charge in [0.1, 0.15) is 11.3 Å². The summed E-state index contributed by atoms with van der Waals surface area (Å²) >= 11 is 0. The molecule has 0 heterocycles. The fraction of sp³-hybridized carbons (Fsp3) is 0.227. The van der Waals surface area contributed by atoms with Gasteiger partial charge in [-0.3, -0.25) is 4.79 Å². The second kappa shape index (κ2) is 10.0. The number of rotatable bonds is 8. The molecule has 0 bridgehead atoms. The van der Waals surface area contributed by atoms with E-state index in [4.69, 9.17) is 9.47 Å². The number of benzene rings is 2. The molecule has 0 spiro atoms. The van der Waals surface area contributed by atoms with Crippen molar-refractivity contribution in [1.82, 2.24) is 4.72 Å². The fourth-order valence-corrected chi connectivity index (χ4v) is 3.87. The Balaban J connectivity index is 2.60. The van der Waals surface area contributed by atoms with Crippen LogP contribution in [0.2, 0.25) is 0 Å². The van der Waals surface area contributed by atoms with Crippen LogP contribution in [0.25, 0.3) is 0 Å². The van der Waals surface area contributed by atoms with Gasteiger partial charge in [-0.15, -0.1) is 5.73 Å². The van der Waals surface area contributed by atoms with Gasteiger partial charge in [0.2, 0.25) is 10.0 Å². The summed E-state index contributed by atoms with van der Waals surface area (Å²) in [5.41, 5.74) is 3.44. The van der Waals surface area contributed by atoms with Gasteiger partial charge < -0.3 is 9.47 Å². The Morgan fingerprint density at radius 3 is 2.33 bits per heavy atom. The van der Waals surface area contributed by atoms with Gasteiger partial charge in [-0.2, -0.15) is 4.72 Å². The van der Waals surface area contributed by atoms with Gasteiger partial charge in [0, 0.05) is 12.5 Å². The molecule has 0 amide bonds. The third kappa shape index (κ3) is 5.67. The Morgan fingerprint density at radius 2 is 1.77 bits per heavy atom. The molecule has 8 heteroatoms. The number of hydrogen-bond acceptors (Lipinski definition) is 6. The molecule has 0 aromatic heterocycles. The lowest BCUT2D eigenvalue weighted by molar-refractivity contribution is -0.138. The normalized spacial score (nSPS) is 11.8. The Hall–Kier alpha value is -3.19. The van der Waals surface area contributed by atoms with Crippen molar-refractivity contribution in [3.05, 3.63) is 77.5 Å². The van der Waals surface area contributed by atoms with Gasteiger partial charge in [-0.05, 0) is 32.0 Å². The van der Waals surface area contributed by atoms with E-state index in [1.54, 1.807) is 31.2 Å². The molecule has 1 unspecified atom stereocenters. The van der Waals surface area contributed by atoms with Crippen molar-refractivity contribution in [1.29, 1.82) is 0 Å². The lowest BCUT2D eigenvalue weighted by Crippen LogP contribution is -2.33. The van der Waals surface area contributed by atoms with Gasteiger partial charge >= 0.3 is 11.9 Å². The molecular weight excluding hydrogens is 406 g/mol. The van der Waals surface area contributed by atoms with Crippen LogP contribution in [0, 0.1) is 6.92 Å². The first-order valence-corrected chi connectivity index (χ1v) is 10.6. The number of esters is 2. The van der Waals surface area contributed by atoms with Gasteiger partial charge in [0.25, 0.3) is 0 Å². The number of nitrogens with one attached hydrogen (secondary N) is 1. The predicted molar refractivity (Wildman–Crippen MR) is 111 cm³/mol. The number of para-hydroxylation sites is 1. The number of aryl methyl sites for hydroxylation is 1. The molecule has 2 aromatic rings. The van der Waals surface area contributed by atoms with Gasteiger partial charge in [-0.25, -0.2) is 13.2 Å². The van der Waals surface area contributed by atoms with E-state index in [1.807, 2.05) is 6.92 Å². The fourth-order valence-electron chi connectivity index (χ4n) is 2.69. The van der Waals surface area contributed by atoms with Crippen molar-refractivity contribution >= 4 is 22.0 Å². The smallest absolute Gasteiger partial charge is 0.343 e. The highest BCUT2D eigenvalue weighted by Crippen LogP contribution is 2.32. The molecule has 2 aromatic carbocycles. The number of ether oxygens (including phenoxy) is 2. The van der Waals surface area contributed by atoms with Crippen LogP contribution < -0.4 is 9.46 Å². The van der Waals surface area contributed by atoms with E-state index < -0.39 is 28.0 Å². The lowest BCUT2D eigenvalue weighted by Gasteiger charge is -2.22. The molecule has 1 atom stereocenters. The topological polar surface area (TPSA) is 98.8 Å². The molecule has 7 nitrogen and oxygen atoms in total. The molecule has 0 saturated heterocycles. The van der Waals surface area contributed by atoms with E-state index in [1.165, 1.54) is 31.2 Å². The van der Waals surface area contributed by atoms with Crippen LogP contribution in [0.15, 0.2) is 71.3 Å². The maximum absolute atomic E-state index is 13.0. The van der Waals surface area contributed by atoms with Gasteiger partial charge in [0.05, 0.1) is 17.5 Å². The summed E-state index contributed by atoms with van der Waals surface area (Å²) in [6.07, 6.45) is 0. The molecule has 2 rings (SSSR count). The monoisotopic (exact) mass is 429 g/mol. The SMILES string of the molecule is C=C=C(C(=O)OCC)C(NS(=O)(=O)c1ccc(C)cc1)c1ccccc1OC(C)=O. The Morgan fingerprint density at radius 1 is 1.13 bits per heavy atom. The van der Waals surface area contributed by atoms with E-state index in [0.717, 1.165) is 5.56 Å². The maximum atomic E-state index is 13.0. The molecule has 0 fully saturated rings. The van der Waals surface area contributed by atoms with Crippen LogP contribution in [0.3, 0.4) is 0 Å². The van der Waals surface area contributed by atoms with Crippen molar-refractivity contribution in [2.75, 3.05) is 6.61 Å². The van der Waals surface area contributed by atoms with E-state index in [-0.39, 0.29) is 28.4 Å². The molecule has 0 saturated carbocycles.